The van der Waals surface area contributed by atoms with Crippen molar-refractivity contribution in [1.29, 1.82) is 0 Å². The molecule has 0 saturated carbocycles. The van der Waals surface area contributed by atoms with Crippen molar-refractivity contribution in [2.24, 2.45) is 0 Å². The summed E-state index contributed by atoms with van der Waals surface area (Å²) < 4.78 is 19.2. The van der Waals surface area contributed by atoms with E-state index in [1.165, 1.54) is 0 Å². The van der Waals surface area contributed by atoms with Gasteiger partial charge in [0.05, 0.1) is 23.2 Å². The molecule has 0 unspecified atom stereocenters. The Kier molecular flexibility index (Phi) is 5.68. The molecule has 0 fully saturated rings. The summed E-state index contributed by atoms with van der Waals surface area (Å²) in [5.74, 6) is 2.94. The first-order chi connectivity index (χ1) is 12.4. The van der Waals surface area contributed by atoms with Gasteiger partial charge in [-0.2, -0.15) is 0 Å². The third-order valence-electron chi connectivity index (χ3n) is 4.03. The van der Waals surface area contributed by atoms with Gasteiger partial charge in [-0.1, -0.05) is 0 Å². The first-order valence-electron chi connectivity index (χ1n) is 8.06. The van der Waals surface area contributed by atoms with Gasteiger partial charge >= 0.3 is 11.5 Å². The van der Waals surface area contributed by atoms with Crippen LogP contribution in [0.1, 0.15) is 11.1 Å². The van der Waals surface area contributed by atoms with E-state index in [-0.39, 0.29) is 0 Å². The molecule has 134 valence electrons. The maximum Gasteiger partial charge on any atom is 0.364 e. The van der Waals surface area contributed by atoms with Crippen LogP contribution in [0.3, 0.4) is 0 Å². The van der Waals surface area contributed by atoms with Gasteiger partial charge in [-0.25, -0.2) is 4.42 Å². The van der Waals surface area contributed by atoms with Crippen LogP contribution in [0.4, 0.5) is 0 Å². The highest BCUT2D eigenvalue weighted by Gasteiger charge is 2.25. The van der Waals surface area contributed by atoms with Crippen LogP contribution < -0.4 is 9.47 Å². The summed E-state index contributed by atoms with van der Waals surface area (Å²) in [4.78, 5) is 0. The SMILES string of the molecule is COc1c(Br)cc(C)cc1-c1cccc(-c2cc(C)cc(Br)c2OC)[o+]1. The summed E-state index contributed by atoms with van der Waals surface area (Å²) in [6, 6.07) is 14.0. The van der Waals surface area contributed by atoms with E-state index in [1.807, 2.05) is 44.2 Å². The average molecular weight is 479 g/mol. The van der Waals surface area contributed by atoms with Crippen molar-refractivity contribution in [3.05, 3.63) is 62.5 Å². The van der Waals surface area contributed by atoms with E-state index in [2.05, 4.69) is 44.0 Å². The zero-order valence-corrected chi connectivity index (χ0v) is 18.2. The zero-order chi connectivity index (χ0) is 18.8. The zero-order valence-electron chi connectivity index (χ0n) is 15.0. The first kappa shape index (κ1) is 18.9. The highest BCUT2D eigenvalue weighted by molar-refractivity contribution is 9.11. The summed E-state index contributed by atoms with van der Waals surface area (Å²) in [7, 11) is 3.31. The summed E-state index contributed by atoms with van der Waals surface area (Å²) in [5, 5.41) is 0. The van der Waals surface area contributed by atoms with Crippen LogP contribution in [0.2, 0.25) is 0 Å². The lowest BCUT2D eigenvalue weighted by molar-refractivity contribution is 0.410. The van der Waals surface area contributed by atoms with Crippen LogP contribution in [0, 0.1) is 13.8 Å². The van der Waals surface area contributed by atoms with Gasteiger partial charge in [0.1, 0.15) is 22.6 Å². The molecule has 0 amide bonds. The Morgan fingerprint density at radius 3 is 1.54 bits per heavy atom. The van der Waals surface area contributed by atoms with Crippen molar-refractivity contribution in [1.82, 2.24) is 0 Å². The Hall–Kier alpha value is -1.85. The first-order valence-corrected chi connectivity index (χ1v) is 9.65. The second-order valence-corrected chi connectivity index (χ2v) is 7.72. The Labute approximate surface area is 170 Å². The lowest BCUT2D eigenvalue weighted by Gasteiger charge is -2.09. The van der Waals surface area contributed by atoms with E-state index in [0.717, 1.165) is 54.2 Å². The summed E-state index contributed by atoms with van der Waals surface area (Å²) in [6.07, 6.45) is 0. The van der Waals surface area contributed by atoms with Crippen LogP contribution in [-0.2, 0) is 0 Å². The molecule has 3 aromatic rings. The fraction of sp³-hybridized carbons (Fsp3) is 0.190. The summed E-state index contributed by atoms with van der Waals surface area (Å²) >= 11 is 7.14. The lowest BCUT2D eigenvalue weighted by Crippen LogP contribution is -1.93. The molecule has 0 aliphatic rings. The molecule has 0 atom stereocenters. The van der Waals surface area contributed by atoms with Crippen molar-refractivity contribution in [2.75, 3.05) is 14.2 Å². The molecule has 1 heterocycles. The van der Waals surface area contributed by atoms with Crippen LogP contribution in [0.15, 0.2) is 55.8 Å². The quantitative estimate of drug-likeness (QED) is 0.376. The highest BCUT2D eigenvalue weighted by Crippen LogP contribution is 2.41. The maximum atomic E-state index is 6.25. The number of methoxy groups -OCH3 is 2. The monoisotopic (exact) mass is 477 g/mol. The van der Waals surface area contributed by atoms with Crippen molar-refractivity contribution in [2.45, 2.75) is 13.8 Å². The molecule has 26 heavy (non-hydrogen) atoms. The molecule has 3 nitrogen and oxygen atoms in total. The third kappa shape index (κ3) is 3.64. The van der Waals surface area contributed by atoms with Crippen LogP contribution in [0.5, 0.6) is 11.5 Å². The van der Waals surface area contributed by atoms with Crippen molar-refractivity contribution in [3.8, 4) is 34.1 Å². The van der Waals surface area contributed by atoms with E-state index in [0.29, 0.717) is 0 Å². The highest BCUT2D eigenvalue weighted by atomic mass is 79.9. The van der Waals surface area contributed by atoms with Gasteiger partial charge in [-0.15, -0.1) is 0 Å². The van der Waals surface area contributed by atoms with E-state index in [9.17, 15) is 0 Å². The van der Waals surface area contributed by atoms with E-state index in [1.54, 1.807) is 14.2 Å². The molecular formula is C21H19Br2O3+. The molecule has 0 saturated heterocycles. The molecule has 2 aromatic carbocycles. The van der Waals surface area contributed by atoms with Crippen LogP contribution >= 0.6 is 31.9 Å². The van der Waals surface area contributed by atoms with Gasteiger partial charge < -0.3 is 9.47 Å². The molecule has 0 bridgehead atoms. The minimum atomic E-state index is 0.725. The molecule has 0 radical (unpaired) electrons. The van der Waals surface area contributed by atoms with Gasteiger partial charge in [-0.05, 0) is 87.2 Å². The smallest absolute Gasteiger partial charge is 0.364 e. The second-order valence-electron chi connectivity index (χ2n) is 6.01. The molecule has 5 heteroatoms. The molecule has 1 aromatic heterocycles. The number of hydrogen-bond acceptors (Lipinski definition) is 2. The number of ether oxygens (including phenoxy) is 2. The molecule has 0 aliphatic carbocycles. The van der Waals surface area contributed by atoms with Gasteiger partial charge in [0, 0.05) is 12.1 Å². The van der Waals surface area contributed by atoms with Gasteiger partial charge in [0.2, 0.25) is 0 Å². The fourth-order valence-electron chi connectivity index (χ4n) is 2.94. The largest absolute Gasteiger partial charge is 0.495 e. The second kappa shape index (κ2) is 7.80. The topological polar surface area (TPSA) is 29.8 Å². The number of aryl methyl sites for hydroxylation is 2. The lowest BCUT2D eigenvalue weighted by atomic mass is 10.1. The van der Waals surface area contributed by atoms with Gasteiger partial charge in [0.15, 0.2) is 0 Å². The molecular weight excluding hydrogens is 460 g/mol. The number of hydrogen-bond donors (Lipinski definition) is 0. The minimum Gasteiger partial charge on any atom is -0.495 e. The van der Waals surface area contributed by atoms with E-state index in [4.69, 9.17) is 13.9 Å². The van der Waals surface area contributed by atoms with E-state index >= 15 is 0 Å². The van der Waals surface area contributed by atoms with Crippen LogP contribution in [-0.4, -0.2) is 14.2 Å². The standard InChI is InChI=1S/C21H19Br2O3/c1-12-8-14(20(24-3)16(22)10-12)18-6-5-7-19(26-18)15-9-13(2)11-17(23)21(15)25-4/h5-11H,1-4H3/q+1. The predicted molar refractivity (Wildman–Crippen MR) is 112 cm³/mol. The average Bonchev–Trinajstić information content (AvgIpc) is 2.60. The maximum absolute atomic E-state index is 6.25. The van der Waals surface area contributed by atoms with Crippen LogP contribution in [0.25, 0.3) is 22.6 Å². The van der Waals surface area contributed by atoms with Crippen molar-refractivity contribution < 1.29 is 13.9 Å². The van der Waals surface area contributed by atoms with Crippen molar-refractivity contribution >= 4 is 31.9 Å². The molecule has 0 aliphatic heterocycles. The summed E-state index contributed by atoms with van der Waals surface area (Å²) in [5.41, 5.74) is 4.02. The Bertz CT molecular complexity index is 893. The molecule has 0 N–H and O–H groups in total. The Morgan fingerprint density at radius 1 is 0.731 bits per heavy atom. The van der Waals surface area contributed by atoms with E-state index < -0.39 is 0 Å². The Balaban J connectivity index is 2.21. The van der Waals surface area contributed by atoms with Crippen molar-refractivity contribution in [3.63, 3.8) is 0 Å². The molecule has 3 rings (SSSR count). The fourth-order valence-corrected chi connectivity index (χ4v) is 4.41. The Morgan fingerprint density at radius 2 is 1.15 bits per heavy atom. The number of rotatable bonds is 4. The predicted octanol–water partition coefficient (Wildman–Crippen LogP) is 7.05. The number of halogens is 2. The summed E-state index contributed by atoms with van der Waals surface area (Å²) in [6.45, 7) is 4.08. The third-order valence-corrected chi connectivity index (χ3v) is 5.21. The normalized spacial score (nSPS) is 10.7. The van der Waals surface area contributed by atoms with Gasteiger partial charge in [0.25, 0.3) is 0 Å². The number of benzene rings is 2. The van der Waals surface area contributed by atoms with Gasteiger partial charge in [-0.3, -0.25) is 0 Å². The minimum absolute atomic E-state index is 0.725. The molecule has 0 spiro atoms.